The third kappa shape index (κ3) is 6.95. The van der Waals surface area contributed by atoms with Gasteiger partial charge in [0.2, 0.25) is 11.9 Å². The van der Waals surface area contributed by atoms with Gasteiger partial charge in [0.25, 0.3) is 0 Å². The number of nitrogens with zero attached hydrogens (tertiary/aromatic N) is 5. The van der Waals surface area contributed by atoms with E-state index >= 15 is 0 Å². The van der Waals surface area contributed by atoms with Crippen molar-refractivity contribution in [2.45, 2.75) is 32.9 Å². The van der Waals surface area contributed by atoms with Gasteiger partial charge in [-0.05, 0) is 38.5 Å². The Labute approximate surface area is 197 Å². The molecule has 1 aromatic carbocycles. The first-order valence-corrected chi connectivity index (χ1v) is 10.7. The summed E-state index contributed by atoms with van der Waals surface area (Å²) in [4.78, 5) is 25.5. The molecule has 1 unspecified atom stereocenters. The van der Waals surface area contributed by atoms with Crippen LogP contribution in [0, 0.1) is 11.3 Å². The molecule has 1 atom stereocenters. The molecule has 3 aromatic rings. The van der Waals surface area contributed by atoms with E-state index in [4.69, 9.17) is 17.0 Å². The van der Waals surface area contributed by atoms with Crippen molar-refractivity contribution < 1.29 is 4.79 Å². The van der Waals surface area contributed by atoms with Crippen LogP contribution in [0.1, 0.15) is 26.3 Å². The van der Waals surface area contributed by atoms with Crippen molar-refractivity contribution in [3.05, 3.63) is 53.4 Å². The second-order valence-electron chi connectivity index (χ2n) is 8.46. The summed E-state index contributed by atoms with van der Waals surface area (Å²) in [7, 11) is 1.83. The topological polar surface area (TPSA) is 121 Å². The SMILES string of the molecule is Cn1cc(Nc2nccc(-c3ccc(CNC(=O)C(C=N)C=NC(C)(C)C)c(Cl)c3)n2)cn1. The summed E-state index contributed by atoms with van der Waals surface area (Å²) in [5.74, 6) is -0.586. The summed E-state index contributed by atoms with van der Waals surface area (Å²) < 4.78 is 1.69. The van der Waals surface area contributed by atoms with Gasteiger partial charge in [0.05, 0.1) is 23.1 Å². The van der Waals surface area contributed by atoms with Crippen molar-refractivity contribution in [2.24, 2.45) is 18.0 Å². The first-order valence-electron chi connectivity index (χ1n) is 10.4. The molecule has 0 saturated heterocycles. The third-order valence-corrected chi connectivity index (χ3v) is 4.88. The number of hydrogen-bond acceptors (Lipinski definition) is 7. The van der Waals surface area contributed by atoms with Gasteiger partial charge in [-0.3, -0.25) is 14.5 Å². The number of carbonyl (C=O) groups is 1. The minimum Gasteiger partial charge on any atom is -0.351 e. The Balaban J connectivity index is 1.67. The number of carbonyl (C=O) groups excluding carboxylic acids is 1. The second kappa shape index (κ2) is 10.4. The molecule has 0 spiro atoms. The fourth-order valence-electron chi connectivity index (χ4n) is 2.84. The predicted octanol–water partition coefficient (Wildman–Crippen LogP) is 4.03. The average molecular weight is 467 g/mol. The van der Waals surface area contributed by atoms with E-state index in [-0.39, 0.29) is 18.0 Å². The quantitative estimate of drug-likeness (QED) is 0.433. The normalized spacial score (nSPS) is 12.5. The summed E-state index contributed by atoms with van der Waals surface area (Å²) in [6, 6.07) is 7.33. The van der Waals surface area contributed by atoms with E-state index in [9.17, 15) is 4.79 Å². The molecule has 1 amide bonds. The Hall–Kier alpha value is -3.59. The number of aliphatic imine (C=N–C) groups is 1. The van der Waals surface area contributed by atoms with E-state index in [0.717, 1.165) is 23.0 Å². The zero-order valence-corrected chi connectivity index (χ0v) is 19.8. The zero-order valence-electron chi connectivity index (χ0n) is 19.0. The van der Waals surface area contributed by atoms with Crippen LogP contribution in [0.2, 0.25) is 5.02 Å². The Morgan fingerprint density at radius 1 is 1.33 bits per heavy atom. The monoisotopic (exact) mass is 466 g/mol. The number of benzene rings is 1. The van der Waals surface area contributed by atoms with Crippen LogP contribution in [0.3, 0.4) is 0 Å². The fourth-order valence-corrected chi connectivity index (χ4v) is 3.08. The van der Waals surface area contributed by atoms with Gasteiger partial charge in [0.15, 0.2) is 0 Å². The van der Waals surface area contributed by atoms with Crippen molar-refractivity contribution >= 4 is 41.6 Å². The highest BCUT2D eigenvalue weighted by Crippen LogP contribution is 2.25. The minimum absolute atomic E-state index is 0.239. The number of nitrogens with one attached hydrogen (secondary N) is 3. The molecule has 0 aliphatic heterocycles. The Bertz CT molecular complexity index is 1170. The zero-order chi connectivity index (χ0) is 24.0. The minimum atomic E-state index is -0.728. The molecule has 0 saturated carbocycles. The Morgan fingerprint density at radius 3 is 2.76 bits per heavy atom. The van der Waals surface area contributed by atoms with E-state index in [2.05, 4.69) is 30.7 Å². The molecule has 0 aliphatic carbocycles. The van der Waals surface area contributed by atoms with Gasteiger partial charge in [0, 0.05) is 49.0 Å². The highest BCUT2D eigenvalue weighted by atomic mass is 35.5. The smallest absolute Gasteiger partial charge is 0.234 e. The lowest BCUT2D eigenvalue weighted by molar-refractivity contribution is -0.121. The molecular formula is C23H27ClN8O. The maximum absolute atomic E-state index is 12.4. The summed E-state index contributed by atoms with van der Waals surface area (Å²) in [5.41, 5.74) is 2.76. The number of hydrogen-bond donors (Lipinski definition) is 3. The molecule has 0 radical (unpaired) electrons. The summed E-state index contributed by atoms with van der Waals surface area (Å²) in [6.45, 7) is 6.03. The van der Waals surface area contributed by atoms with Crippen LogP contribution in [-0.2, 0) is 18.4 Å². The van der Waals surface area contributed by atoms with Gasteiger partial charge in [-0.1, -0.05) is 23.7 Å². The third-order valence-electron chi connectivity index (χ3n) is 4.52. The summed E-state index contributed by atoms with van der Waals surface area (Å²) >= 11 is 6.48. The molecule has 3 rings (SSSR count). The maximum Gasteiger partial charge on any atom is 0.234 e. The number of halogens is 1. The summed E-state index contributed by atoms with van der Waals surface area (Å²) in [5, 5.41) is 18.1. The molecule has 0 fully saturated rings. The van der Waals surface area contributed by atoms with Crippen LogP contribution >= 0.6 is 11.6 Å². The van der Waals surface area contributed by atoms with Gasteiger partial charge in [-0.25, -0.2) is 9.97 Å². The number of amides is 1. The molecule has 9 nitrogen and oxygen atoms in total. The summed E-state index contributed by atoms with van der Waals surface area (Å²) in [6.07, 6.45) is 7.75. The van der Waals surface area contributed by atoms with Crippen LogP contribution in [0.5, 0.6) is 0 Å². The lowest BCUT2D eigenvalue weighted by Crippen LogP contribution is -2.32. The molecular weight excluding hydrogens is 440 g/mol. The average Bonchev–Trinajstić information content (AvgIpc) is 3.17. The van der Waals surface area contributed by atoms with Crippen LogP contribution < -0.4 is 10.6 Å². The molecule has 33 heavy (non-hydrogen) atoms. The lowest BCUT2D eigenvalue weighted by Gasteiger charge is -2.14. The van der Waals surface area contributed by atoms with Gasteiger partial charge in [-0.2, -0.15) is 5.10 Å². The molecule has 0 aliphatic rings. The second-order valence-corrected chi connectivity index (χ2v) is 8.87. The first-order chi connectivity index (χ1) is 15.6. The van der Waals surface area contributed by atoms with E-state index in [1.807, 2.05) is 46.1 Å². The van der Waals surface area contributed by atoms with Crippen LogP contribution in [0.4, 0.5) is 11.6 Å². The van der Waals surface area contributed by atoms with E-state index < -0.39 is 5.92 Å². The number of rotatable bonds is 8. The number of aromatic nitrogens is 4. The van der Waals surface area contributed by atoms with E-state index in [0.29, 0.717) is 16.7 Å². The molecule has 2 aromatic heterocycles. The van der Waals surface area contributed by atoms with Gasteiger partial charge < -0.3 is 16.0 Å². The van der Waals surface area contributed by atoms with Gasteiger partial charge in [0.1, 0.15) is 5.92 Å². The Kier molecular flexibility index (Phi) is 7.55. The van der Waals surface area contributed by atoms with Crippen molar-refractivity contribution in [1.29, 1.82) is 5.41 Å². The number of aryl methyl sites for hydroxylation is 1. The van der Waals surface area contributed by atoms with Crippen molar-refractivity contribution in [1.82, 2.24) is 25.1 Å². The molecule has 0 bridgehead atoms. The van der Waals surface area contributed by atoms with Crippen molar-refractivity contribution in [3.8, 4) is 11.3 Å². The van der Waals surface area contributed by atoms with Crippen LogP contribution in [0.15, 0.2) is 47.8 Å². The molecule has 172 valence electrons. The largest absolute Gasteiger partial charge is 0.351 e. The maximum atomic E-state index is 12.4. The van der Waals surface area contributed by atoms with E-state index in [1.54, 1.807) is 29.2 Å². The molecule has 10 heteroatoms. The van der Waals surface area contributed by atoms with Gasteiger partial charge in [-0.15, -0.1) is 0 Å². The van der Waals surface area contributed by atoms with Crippen LogP contribution in [-0.4, -0.2) is 43.6 Å². The standard InChI is InChI=1S/C23H27ClN8O/c1-23(2,3)28-12-17(10-25)21(33)27-11-16-6-5-15(9-19(16)24)20-7-8-26-22(31-20)30-18-13-29-32(4)14-18/h5-10,12-14,17,25H,11H2,1-4H3,(H,27,33)(H,26,30,31). The highest BCUT2D eigenvalue weighted by molar-refractivity contribution is 6.31. The lowest BCUT2D eigenvalue weighted by atomic mass is 10.1. The van der Waals surface area contributed by atoms with Crippen LogP contribution in [0.25, 0.3) is 11.3 Å². The fraction of sp³-hybridized carbons (Fsp3) is 0.304. The van der Waals surface area contributed by atoms with Gasteiger partial charge >= 0.3 is 0 Å². The molecule has 2 heterocycles. The predicted molar refractivity (Wildman–Crippen MR) is 131 cm³/mol. The highest BCUT2D eigenvalue weighted by Gasteiger charge is 2.16. The van der Waals surface area contributed by atoms with E-state index in [1.165, 1.54) is 6.21 Å². The Morgan fingerprint density at radius 2 is 2.12 bits per heavy atom. The van der Waals surface area contributed by atoms with Crippen molar-refractivity contribution in [2.75, 3.05) is 5.32 Å². The van der Waals surface area contributed by atoms with Crippen molar-refractivity contribution in [3.63, 3.8) is 0 Å². The first kappa shape index (κ1) is 24.1. The molecule has 3 N–H and O–H groups in total. The number of anilines is 2.